The zero-order valence-electron chi connectivity index (χ0n) is 9.05. The molecule has 4 heteroatoms. The highest BCUT2D eigenvalue weighted by Gasteiger charge is 2.14. The molecule has 1 aliphatic rings. The lowest BCUT2D eigenvalue weighted by Crippen LogP contribution is -2.22. The van der Waals surface area contributed by atoms with E-state index >= 15 is 0 Å². The second-order valence-corrected chi connectivity index (χ2v) is 4.18. The van der Waals surface area contributed by atoms with Crippen LogP contribution in [-0.4, -0.2) is 21.8 Å². The number of Topliss-reactive ketones (excluding diaryl/α,β-unsaturated/α-hetero) is 1. The topological polar surface area (TPSA) is 57.8 Å². The molecule has 1 heterocycles. The normalized spacial score (nSPS) is 17.7. The molecule has 1 saturated carbocycles. The van der Waals surface area contributed by atoms with Crippen LogP contribution in [0.4, 0.5) is 5.95 Å². The van der Waals surface area contributed by atoms with Crippen molar-refractivity contribution < 1.29 is 4.79 Å². The molecule has 0 aromatic carbocycles. The highest BCUT2D eigenvalue weighted by Crippen LogP contribution is 2.20. The minimum atomic E-state index is 0.0270. The Morgan fingerprint density at radius 3 is 2.80 bits per heavy atom. The quantitative estimate of drug-likeness (QED) is 0.748. The van der Waals surface area contributed by atoms with E-state index < -0.39 is 0 Å². The lowest BCUT2D eigenvalue weighted by atomic mass is 9.96. The fourth-order valence-electron chi connectivity index (χ4n) is 2.01. The van der Waals surface area contributed by atoms with Crippen LogP contribution >= 0.6 is 0 Å². The first-order valence-electron chi connectivity index (χ1n) is 5.58. The Kier molecular flexibility index (Phi) is 3.04. The number of rotatable bonds is 3. The number of imidazole rings is 1. The standard InChI is InChI=1S/C11H17N3O/c1-8(15)10-7-12-11(14-10)13-9-5-3-2-4-6-9/h7,9H,2-6H2,1H3,(H2,12,13,14). The average molecular weight is 207 g/mol. The Hall–Kier alpha value is -1.32. The van der Waals surface area contributed by atoms with Crippen LogP contribution in [0.25, 0.3) is 0 Å². The first kappa shape index (κ1) is 10.2. The zero-order valence-corrected chi connectivity index (χ0v) is 9.05. The number of hydrogen-bond donors (Lipinski definition) is 2. The van der Waals surface area contributed by atoms with Gasteiger partial charge >= 0.3 is 0 Å². The number of carbonyl (C=O) groups excluding carboxylic acids is 1. The molecule has 0 atom stereocenters. The monoisotopic (exact) mass is 207 g/mol. The van der Waals surface area contributed by atoms with Crippen molar-refractivity contribution in [2.75, 3.05) is 5.32 Å². The van der Waals surface area contributed by atoms with Gasteiger partial charge in [0.25, 0.3) is 0 Å². The maximum Gasteiger partial charge on any atom is 0.200 e. The van der Waals surface area contributed by atoms with Crippen molar-refractivity contribution in [2.45, 2.75) is 45.1 Å². The Morgan fingerprint density at radius 2 is 2.20 bits per heavy atom. The van der Waals surface area contributed by atoms with Gasteiger partial charge in [0, 0.05) is 13.0 Å². The van der Waals surface area contributed by atoms with Crippen LogP contribution in [-0.2, 0) is 0 Å². The summed E-state index contributed by atoms with van der Waals surface area (Å²) in [7, 11) is 0. The number of nitrogens with zero attached hydrogens (tertiary/aromatic N) is 1. The lowest BCUT2D eigenvalue weighted by molar-refractivity contribution is 0.101. The summed E-state index contributed by atoms with van der Waals surface area (Å²) in [6.45, 7) is 1.54. The van der Waals surface area contributed by atoms with Gasteiger partial charge in [-0.3, -0.25) is 4.79 Å². The molecule has 0 spiro atoms. The van der Waals surface area contributed by atoms with Crippen molar-refractivity contribution in [3.05, 3.63) is 11.9 Å². The first-order chi connectivity index (χ1) is 7.25. The van der Waals surface area contributed by atoms with E-state index in [0.29, 0.717) is 11.7 Å². The zero-order chi connectivity index (χ0) is 10.7. The molecule has 1 fully saturated rings. The Balaban J connectivity index is 1.94. The van der Waals surface area contributed by atoms with E-state index in [1.165, 1.54) is 39.0 Å². The summed E-state index contributed by atoms with van der Waals surface area (Å²) in [5.41, 5.74) is 0.577. The largest absolute Gasteiger partial charge is 0.353 e. The molecule has 1 aromatic rings. The van der Waals surface area contributed by atoms with Gasteiger partial charge in [0.05, 0.1) is 6.20 Å². The molecular formula is C11H17N3O. The van der Waals surface area contributed by atoms with Gasteiger partial charge < -0.3 is 10.3 Å². The number of aromatic nitrogens is 2. The van der Waals surface area contributed by atoms with E-state index in [1.807, 2.05) is 0 Å². The molecule has 0 radical (unpaired) electrons. The summed E-state index contributed by atoms with van der Waals surface area (Å²) < 4.78 is 0. The molecule has 2 rings (SSSR count). The fraction of sp³-hybridized carbons (Fsp3) is 0.636. The molecule has 2 N–H and O–H groups in total. The van der Waals surface area contributed by atoms with Gasteiger partial charge in [0.1, 0.15) is 5.69 Å². The van der Waals surface area contributed by atoms with Gasteiger partial charge in [-0.1, -0.05) is 19.3 Å². The average Bonchev–Trinajstić information content (AvgIpc) is 2.68. The van der Waals surface area contributed by atoms with Gasteiger partial charge in [-0.25, -0.2) is 4.98 Å². The highest BCUT2D eigenvalue weighted by atomic mass is 16.1. The van der Waals surface area contributed by atoms with Gasteiger partial charge in [-0.05, 0) is 12.8 Å². The Bertz CT molecular complexity index is 339. The van der Waals surface area contributed by atoms with Crippen molar-refractivity contribution in [1.29, 1.82) is 0 Å². The van der Waals surface area contributed by atoms with Crippen LogP contribution in [0, 0.1) is 0 Å². The molecule has 1 aromatic heterocycles. The highest BCUT2D eigenvalue weighted by molar-refractivity contribution is 5.92. The van der Waals surface area contributed by atoms with Crippen LogP contribution < -0.4 is 5.32 Å². The molecule has 0 amide bonds. The van der Waals surface area contributed by atoms with Crippen LogP contribution in [0.3, 0.4) is 0 Å². The number of aromatic amines is 1. The van der Waals surface area contributed by atoms with E-state index in [9.17, 15) is 4.79 Å². The number of carbonyl (C=O) groups is 1. The number of H-pyrrole nitrogens is 1. The third-order valence-corrected chi connectivity index (χ3v) is 2.90. The van der Waals surface area contributed by atoms with Gasteiger partial charge in [0.2, 0.25) is 5.95 Å². The van der Waals surface area contributed by atoms with E-state index in [-0.39, 0.29) is 5.78 Å². The molecule has 15 heavy (non-hydrogen) atoms. The minimum absolute atomic E-state index is 0.0270. The number of nitrogens with one attached hydrogen (secondary N) is 2. The molecule has 0 unspecified atom stereocenters. The Morgan fingerprint density at radius 1 is 1.47 bits per heavy atom. The van der Waals surface area contributed by atoms with Crippen LogP contribution in [0.15, 0.2) is 6.20 Å². The summed E-state index contributed by atoms with van der Waals surface area (Å²) in [6.07, 6.45) is 7.92. The van der Waals surface area contributed by atoms with Crippen LogP contribution in [0.1, 0.15) is 49.5 Å². The van der Waals surface area contributed by atoms with Gasteiger partial charge in [-0.2, -0.15) is 0 Å². The molecule has 0 bridgehead atoms. The van der Waals surface area contributed by atoms with E-state index in [0.717, 1.165) is 5.95 Å². The number of anilines is 1. The van der Waals surface area contributed by atoms with E-state index in [2.05, 4.69) is 15.3 Å². The third-order valence-electron chi connectivity index (χ3n) is 2.90. The fourth-order valence-corrected chi connectivity index (χ4v) is 2.01. The maximum absolute atomic E-state index is 11.1. The van der Waals surface area contributed by atoms with E-state index in [1.54, 1.807) is 6.20 Å². The molecule has 82 valence electrons. The summed E-state index contributed by atoms with van der Waals surface area (Å²) >= 11 is 0. The second-order valence-electron chi connectivity index (χ2n) is 4.18. The minimum Gasteiger partial charge on any atom is -0.353 e. The van der Waals surface area contributed by atoms with Crippen molar-refractivity contribution >= 4 is 11.7 Å². The third kappa shape index (κ3) is 2.58. The molecule has 4 nitrogen and oxygen atoms in total. The van der Waals surface area contributed by atoms with E-state index in [4.69, 9.17) is 0 Å². The van der Waals surface area contributed by atoms with Crippen LogP contribution in [0.2, 0.25) is 0 Å². The predicted octanol–water partition coefficient (Wildman–Crippen LogP) is 2.36. The predicted molar refractivity (Wildman–Crippen MR) is 59.1 cm³/mol. The maximum atomic E-state index is 11.1. The van der Waals surface area contributed by atoms with Gasteiger partial charge in [0.15, 0.2) is 5.78 Å². The van der Waals surface area contributed by atoms with Crippen molar-refractivity contribution in [1.82, 2.24) is 9.97 Å². The molecule has 0 saturated heterocycles. The number of hydrogen-bond acceptors (Lipinski definition) is 3. The van der Waals surface area contributed by atoms with Crippen LogP contribution in [0.5, 0.6) is 0 Å². The molecule has 1 aliphatic carbocycles. The van der Waals surface area contributed by atoms with Gasteiger partial charge in [-0.15, -0.1) is 0 Å². The first-order valence-corrected chi connectivity index (χ1v) is 5.58. The van der Waals surface area contributed by atoms with Crippen molar-refractivity contribution in [3.8, 4) is 0 Å². The smallest absolute Gasteiger partial charge is 0.200 e. The second kappa shape index (κ2) is 4.47. The van der Waals surface area contributed by atoms with Crippen molar-refractivity contribution in [2.24, 2.45) is 0 Å². The lowest BCUT2D eigenvalue weighted by Gasteiger charge is -2.22. The molecular weight excluding hydrogens is 190 g/mol. The summed E-state index contributed by atoms with van der Waals surface area (Å²) in [5, 5.41) is 3.34. The summed E-state index contributed by atoms with van der Waals surface area (Å²) in [6, 6.07) is 0.518. The SMILES string of the molecule is CC(=O)c1cnc(NC2CCCCC2)[nH]1. The summed E-state index contributed by atoms with van der Waals surface area (Å²) in [4.78, 5) is 18.2. The molecule has 0 aliphatic heterocycles. The number of ketones is 1. The Labute approximate surface area is 89.5 Å². The van der Waals surface area contributed by atoms with Crippen molar-refractivity contribution in [3.63, 3.8) is 0 Å². The summed E-state index contributed by atoms with van der Waals surface area (Å²) in [5.74, 6) is 0.756.